The Morgan fingerprint density at radius 2 is 2.33 bits per heavy atom. The van der Waals surface area contributed by atoms with Crippen LogP contribution in [0.5, 0.6) is 0 Å². The number of hydrazine groups is 1. The first-order valence-corrected chi connectivity index (χ1v) is 5.09. The predicted molar refractivity (Wildman–Crippen MR) is 61.3 cm³/mol. The Bertz CT molecular complexity index is 461. The number of aromatic nitrogens is 2. The van der Waals surface area contributed by atoms with Crippen molar-refractivity contribution in [2.75, 3.05) is 0 Å². The van der Waals surface area contributed by atoms with Crippen LogP contribution < -0.4 is 11.3 Å². The predicted octanol–water partition coefficient (Wildman–Crippen LogP) is 1.20. The molecule has 4 heteroatoms. The van der Waals surface area contributed by atoms with E-state index in [1.165, 1.54) is 10.9 Å². The molecule has 15 heavy (non-hydrogen) atoms. The maximum atomic E-state index is 5.37. The second-order valence-electron chi connectivity index (χ2n) is 3.96. The zero-order valence-electron chi connectivity index (χ0n) is 9.07. The molecule has 0 aliphatic rings. The lowest BCUT2D eigenvalue weighted by atomic mass is 10.2. The zero-order valence-corrected chi connectivity index (χ0v) is 9.07. The molecule has 1 unspecified atom stereocenters. The van der Waals surface area contributed by atoms with E-state index in [0.717, 1.165) is 12.1 Å². The Balaban J connectivity index is 2.39. The molecular weight excluding hydrogens is 188 g/mol. The van der Waals surface area contributed by atoms with Gasteiger partial charge in [-0.2, -0.15) is 5.10 Å². The number of benzene rings is 1. The van der Waals surface area contributed by atoms with Gasteiger partial charge in [0.15, 0.2) is 0 Å². The quantitative estimate of drug-likeness (QED) is 0.583. The molecular formula is C11H16N4. The molecule has 1 aromatic heterocycles. The molecule has 1 atom stereocenters. The first-order chi connectivity index (χ1) is 7.20. The standard InChI is InChI=1S/C11H16N4/c1-8-3-4-10-6-13-15(11(10)5-8)7-9(2)14-12/h3-6,9,14H,7,12H2,1-2H3. The highest BCUT2D eigenvalue weighted by molar-refractivity contribution is 5.79. The minimum atomic E-state index is 0.216. The van der Waals surface area contributed by atoms with Crippen molar-refractivity contribution in [1.82, 2.24) is 15.2 Å². The van der Waals surface area contributed by atoms with Crippen molar-refractivity contribution in [2.24, 2.45) is 5.84 Å². The van der Waals surface area contributed by atoms with Gasteiger partial charge in [0, 0.05) is 11.4 Å². The highest BCUT2D eigenvalue weighted by Crippen LogP contribution is 2.15. The Morgan fingerprint density at radius 1 is 1.53 bits per heavy atom. The monoisotopic (exact) mass is 204 g/mol. The molecule has 0 aliphatic heterocycles. The summed E-state index contributed by atoms with van der Waals surface area (Å²) in [5.41, 5.74) is 5.13. The highest BCUT2D eigenvalue weighted by Gasteiger charge is 2.05. The average molecular weight is 204 g/mol. The number of aryl methyl sites for hydroxylation is 1. The van der Waals surface area contributed by atoms with Crippen molar-refractivity contribution in [3.05, 3.63) is 30.0 Å². The van der Waals surface area contributed by atoms with Crippen molar-refractivity contribution >= 4 is 10.9 Å². The summed E-state index contributed by atoms with van der Waals surface area (Å²) < 4.78 is 1.98. The third-order valence-corrected chi connectivity index (χ3v) is 2.53. The molecule has 0 aliphatic carbocycles. The van der Waals surface area contributed by atoms with E-state index in [-0.39, 0.29) is 6.04 Å². The fraction of sp³-hybridized carbons (Fsp3) is 0.364. The second-order valence-corrected chi connectivity index (χ2v) is 3.96. The van der Waals surface area contributed by atoms with Gasteiger partial charge >= 0.3 is 0 Å². The normalized spacial score (nSPS) is 13.3. The molecule has 4 nitrogen and oxygen atoms in total. The van der Waals surface area contributed by atoms with Crippen LogP contribution >= 0.6 is 0 Å². The van der Waals surface area contributed by atoms with E-state index in [1.807, 2.05) is 17.8 Å². The summed E-state index contributed by atoms with van der Waals surface area (Å²) >= 11 is 0. The van der Waals surface area contributed by atoms with E-state index in [2.05, 4.69) is 35.6 Å². The van der Waals surface area contributed by atoms with Gasteiger partial charge in [-0.05, 0) is 25.5 Å². The van der Waals surface area contributed by atoms with E-state index in [1.54, 1.807) is 0 Å². The third-order valence-electron chi connectivity index (χ3n) is 2.53. The van der Waals surface area contributed by atoms with Gasteiger partial charge in [-0.3, -0.25) is 16.0 Å². The summed E-state index contributed by atoms with van der Waals surface area (Å²) in [6.07, 6.45) is 1.89. The van der Waals surface area contributed by atoms with Crippen LogP contribution in [0.25, 0.3) is 10.9 Å². The summed E-state index contributed by atoms with van der Waals surface area (Å²) in [7, 11) is 0. The Kier molecular flexibility index (Phi) is 2.70. The van der Waals surface area contributed by atoms with Gasteiger partial charge in [-0.25, -0.2) is 0 Å². The Labute approximate surface area is 89.0 Å². The molecule has 0 saturated carbocycles. The Hall–Kier alpha value is -1.39. The first-order valence-electron chi connectivity index (χ1n) is 5.09. The van der Waals surface area contributed by atoms with Crippen molar-refractivity contribution in [1.29, 1.82) is 0 Å². The van der Waals surface area contributed by atoms with Crippen LogP contribution in [-0.4, -0.2) is 15.8 Å². The molecule has 0 radical (unpaired) electrons. The Morgan fingerprint density at radius 3 is 3.07 bits per heavy atom. The van der Waals surface area contributed by atoms with Gasteiger partial charge in [0.1, 0.15) is 0 Å². The minimum Gasteiger partial charge on any atom is -0.271 e. The van der Waals surface area contributed by atoms with Crippen LogP contribution in [0, 0.1) is 6.92 Å². The number of hydrogen-bond acceptors (Lipinski definition) is 3. The molecule has 0 saturated heterocycles. The van der Waals surface area contributed by atoms with E-state index in [4.69, 9.17) is 5.84 Å². The molecule has 0 bridgehead atoms. The largest absolute Gasteiger partial charge is 0.271 e. The van der Waals surface area contributed by atoms with Crippen LogP contribution in [0.1, 0.15) is 12.5 Å². The maximum absolute atomic E-state index is 5.37. The van der Waals surface area contributed by atoms with Crippen LogP contribution in [-0.2, 0) is 6.54 Å². The molecule has 1 aromatic carbocycles. The van der Waals surface area contributed by atoms with Crippen LogP contribution in [0.15, 0.2) is 24.4 Å². The molecule has 0 amide bonds. The summed E-state index contributed by atoms with van der Waals surface area (Å²) in [5, 5.41) is 5.52. The molecule has 2 rings (SSSR count). The molecule has 0 fully saturated rings. The average Bonchev–Trinajstić information content (AvgIpc) is 2.61. The van der Waals surface area contributed by atoms with Crippen molar-refractivity contribution in [3.63, 3.8) is 0 Å². The fourth-order valence-electron chi connectivity index (χ4n) is 1.64. The lowest BCUT2D eigenvalue weighted by Gasteiger charge is -2.10. The fourth-order valence-corrected chi connectivity index (χ4v) is 1.64. The van der Waals surface area contributed by atoms with Gasteiger partial charge in [0.05, 0.1) is 18.3 Å². The molecule has 1 heterocycles. The summed E-state index contributed by atoms with van der Waals surface area (Å²) in [6.45, 7) is 4.90. The third kappa shape index (κ3) is 2.00. The van der Waals surface area contributed by atoms with E-state index in [0.29, 0.717) is 0 Å². The van der Waals surface area contributed by atoms with Crippen molar-refractivity contribution < 1.29 is 0 Å². The van der Waals surface area contributed by atoms with Gasteiger partial charge in [0.25, 0.3) is 0 Å². The summed E-state index contributed by atoms with van der Waals surface area (Å²) in [4.78, 5) is 0. The first kappa shape index (κ1) is 10.1. The lowest BCUT2D eigenvalue weighted by Crippen LogP contribution is -2.36. The van der Waals surface area contributed by atoms with E-state index >= 15 is 0 Å². The maximum Gasteiger partial charge on any atom is 0.0685 e. The highest BCUT2D eigenvalue weighted by atomic mass is 15.3. The summed E-state index contributed by atoms with van der Waals surface area (Å²) in [5.74, 6) is 5.37. The number of nitrogens with two attached hydrogens (primary N) is 1. The van der Waals surface area contributed by atoms with E-state index < -0.39 is 0 Å². The van der Waals surface area contributed by atoms with Crippen LogP contribution in [0.3, 0.4) is 0 Å². The van der Waals surface area contributed by atoms with Gasteiger partial charge < -0.3 is 0 Å². The van der Waals surface area contributed by atoms with Crippen molar-refractivity contribution in [2.45, 2.75) is 26.4 Å². The van der Waals surface area contributed by atoms with Crippen LogP contribution in [0.4, 0.5) is 0 Å². The lowest BCUT2D eigenvalue weighted by molar-refractivity contribution is 0.470. The number of nitrogens with zero attached hydrogens (tertiary/aromatic N) is 2. The number of fused-ring (bicyclic) bond motifs is 1. The molecule has 2 aromatic rings. The molecule has 80 valence electrons. The van der Waals surface area contributed by atoms with Gasteiger partial charge in [0.2, 0.25) is 0 Å². The topological polar surface area (TPSA) is 55.9 Å². The van der Waals surface area contributed by atoms with Crippen LogP contribution in [0.2, 0.25) is 0 Å². The smallest absolute Gasteiger partial charge is 0.0685 e. The van der Waals surface area contributed by atoms with Crippen molar-refractivity contribution in [3.8, 4) is 0 Å². The SMILES string of the molecule is Cc1ccc2cnn(CC(C)NN)c2c1. The molecule has 3 N–H and O–H groups in total. The zero-order chi connectivity index (χ0) is 10.8. The van der Waals surface area contributed by atoms with E-state index in [9.17, 15) is 0 Å². The summed E-state index contributed by atoms with van der Waals surface area (Å²) in [6, 6.07) is 6.55. The molecule has 0 spiro atoms. The van der Waals surface area contributed by atoms with Gasteiger partial charge in [-0.1, -0.05) is 12.1 Å². The minimum absolute atomic E-state index is 0.216. The van der Waals surface area contributed by atoms with Gasteiger partial charge in [-0.15, -0.1) is 0 Å². The second kappa shape index (κ2) is 4.00. The number of nitrogens with one attached hydrogen (secondary N) is 1. The number of rotatable bonds is 3. The number of hydrogen-bond donors (Lipinski definition) is 2.